The van der Waals surface area contributed by atoms with Crippen molar-refractivity contribution in [3.8, 4) is 11.5 Å². The quantitative estimate of drug-likeness (QED) is 0.871. The lowest BCUT2D eigenvalue weighted by atomic mass is 10.2. The van der Waals surface area contributed by atoms with Crippen molar-refractivity contribution in [2.45, 2.75) is 4.90 Å². The van der Waals surface area contributed by atoms with Crippen LogP contribution in [0.4, 0.5) is 10.5 Å². The van der Waals surface area contributed by atoms with Crippen molar-refractivity contribution in [2.24, 2.45) is 0 Å². The summed E-state index contributed by atoms with van der Waals surface area (Å²) in [6, 6.07) is 14.1. The second-order valence-corrected chi connectivity index (χ2v) is 6.67. The molecule has 126 valence electrons. The molecule has 6 nitrogen and oxygen atoms in total. The normalized spacial score (nSPS) is 13.8. The van der Waals surface area contributed by atoms with Crippen LogP contribution in [0, 0.1) is 0 Å². The molecular weight excluding hydrogens is 328 g/mol. The Hall–Kier alpha value is -2.54. The zero-order valence-electron chi connectivity index (χ0n) is 13.0. The molecular formula is C17H18N2O4S. The lowest BCUT2D eigenvalue weighted by molar-refractivity contribution is 0.171. The predicted octanol–water partition coefficient (Wildman–Crippen LogP) is 2.39. The number of carbonyl (C=O) groups is 1. The van der Waals surface area contributed by atoms with E-state index in [0.717, 1.165) is 4.90 Å². The highest BCUT2D eigenvalue weighted by molar-refractivity contribution is 7.85. The molecule has 2 aromatic carbocycles. The molecule has 0 radical (unpaired) electrons. The molecule has 0 aromatic heterocycles. The molecule has 1 aliphatic rings. The van der Waals surface area contributed by atoms with E-state index >= 15 is 0 Å². The van der Waals surface area contributed by atoms with Crippen molar-refractivity contribution in [3.05, 3.63) is 48.5 Å². The number of urea groups is 1. The van der Waals surface area contributed by atoms with E-state index in [0.29, 0.717) is 42.7 Å². The van der Waals surface area contributed by atoms with Crippen LogP contribution in [0.5, 0.6) is 11.5 Å². The van der Waals surface area contributed by atoms with Crippen LogP contribution in [-0.2, 0) is 10.8 Å². The highest BCUT2D eigenvalue weighted by atomic mass is 32.2. The van der Waals surface area contributed by atoms with Gasteiger partial charge in [-0.15, -0.1) is 0 Å². The Morgan fingerprint density at radius 3 is 2.58 bits per heavy atom. The number of carbonyl (C=O) groups excluding carboxylic acids is 1. The summed E-state index contributed by atoms with van der Waals surface area (Å²) in [7, 11) is -1.13. The molecule has 0 fully saturated rings. The number of nitrogens with one attached hydrogen (secondary N) is 2. The molecule has 0 saturated heterocycles. The standard InChI is InChI=1S/C17H18N2O4S/c20-17(18-8-11-24(21)14-4-2-1-3-5-14)19-13-6-7-15-16(12-13)23-10-9-22-15/h1-7,12H,8-11H2,(H2,18,19,20). The van der Waals surface area contributed by atoms with Crippen LogP contribution >= 0.6 is 0 Å². The maximum atomic E-state index is 12.1. The number of hydrogen-bond acceptors (Lipinski definition) is 4. The van der Waals surface area contributed by atoms with Crippen molar-refractivity contribution in [1.29, 1.82) is 0 Å². The Morgan fingerprint density at radius 1 is 1.04 bits per heavy atom. The summed E-state index contributed by atoms with van der Waals surface area (Å²) < 4.78 is 23.0. The summed E-state index contributed by atoms with van der Waals surface area (Å²) in [6.45, 7) is 1.34. The first-order chi connectivity index (χ1) is 11.7. The molecule has 7 heteroatoms. The number of anilines is 1. The molecule has 0 aliphatic carbocycles. The Balaban J connectivity index is 1.47. The van der Waals surface area contributed by atoms with Crippen molar-refractivity contribution < 1.29 is 18.5 Å². The minimum Gasteiger partial charge on any atom is -0.486 e. The number of fused-ring (bicyclic) bond motifs is 1. The van der Waals surface area contributed by atoms with E-state index in [9.17, 15) is 9.00 Å². The molecule has 1 aliphatic heterocycles. The van der Waals surface area contributed by atoms with Gasteiger partial charge in [-0.25, -0.2) is 4.79 Å². The summed E-state index contributed by atoms with van der Waals surface area (Å²) in [5.74, 6) is 1.65. The molecule has 1 unspecified atom stereocenters. The Kier molecular flexibility index (Phi) is 5.32. The molecule has 3 rings (SSSR count). The van der Waals surface area contributed by atoms with E-state index in [1.54, 1.807) is 18.2 Å². The summed E-state index contributed by atoms with van der Waals surface area (Å²) in [5, 5.41) is 5.42. The van der Waals surface area contributed by atoms with E-state index < -0.39 is 10.8 Å². The van der Waals surface area contributed by atoms with Gasteiger partial charge < -0.3 is 20.1 Å². The lowest BCUT2D eigenvalue weighted by Crippen LogP contribution is -2.32. The van der Waals surface area contributed by atoms with Gasteiger partial charge in [-0.3, -0.25) is 4.21 Å². The first kappa shape index (κ1) is 16.3. The van der Waals surface area contributed by atoms with Crippen LogP contribution < -0.4 is 20.1 Å². The van der Waals surface area contributed by atoms with Gasteiger partial charge in [0.15, 0.2) is 11.5 Å². The fourth-order valence-corrected chi connectivity index (χ4v) is 3.23. The molecule has 1 heterocycles. The van der Waals surface area contributed by atoms with Gasteiger partial charge in [-0.1, -0.05) is 18.2 Å². The highest BCUT2D eigenvalue weighted by Gasteiger charge is 2.12. The van der Waals surface area contributed by atoms with Gasteiger partial charge in [0.25, 0.3) is 0 Å². The second-order valence-electron chi connectivity index (χ2n) is 5.10. The van der Waals surface area contributed by atoms with Crippen LogP contribution in [0.3, 0.4) is 0 Å². The summed E-state index contributed by atoms with van der Waals surface area (Å²) in [4.78, 5) is 12.7. The Bertz CT molecular complexity index is 737. The maximum Gasteiger partial charge on any atom is 0.319 e. The number of benzene rings is 2. The van der Waals surface area contributed by atoms with Crippen LogP contribution in [0.1, 0.15) is 0 Å². The van der Waals surface area contributed by atoms with E-state index in [2.05, 4.69) is 10.6 Å². The largest absolute Gasteiger partial charge is 0.486 e. The van der Waals surface area contributed by atoms with Crippen LogP contribution in [0.2, 0.25) is 0 Å². The third kappa shape index (κ3) is 4.26. The third-order valence-electron chi connectivity index (χ3n) is 3.38. The summed E-state index contributed by atoms with van der Waals surface area (Å²) >= 11 is 0. The van der Waals surface area contributed by atoms with Crippen molar-refractivity contribution in [2.75, 3.05) is 30.8 Å². The third-order valence-corrected chi connectivity index (χ3v) is 4.75. The SMILES string of the molecule is O=C(NCCS(=O)c1ccccc1)Nc1ccc2c(c1)OCCO2. The molecule has 0 spiro atoms. The lowest BCUT2D eigenvalue weighted by Gasteiger charge is -2.19. The minimum absolute atomic E-state index is 0.317. The fraction of sp³-hybridized carbons (Fsp3) is 0.235. The number of rotatable bonds is 5. The summed E-state index contributed by atoms with van der Waals surface area (Å²) in [5.41, 5.74) is 0.612. The first-order valence-electron chi connectivity index (χ1n) is 7.60. The van der Waals surface area contributed by atoms with Crippen molar-refractivity contribution in [3.63, 3.8) is 0 Å². The minimum atomic E-state index is -1.13. The summed E-state index contributed by atoms with van der Waals surface area (Å²) in [6.07, 6.45) is 0. The highest BCUT2D eigenvalue weighted by Crippen LogP contribution is 2.32. The molecule has 2 aromatic rings. The van der Waals surface area contributed by atoms with E-state index in [4.69, 9.17) is 9.47 Å². The van der Waals surface area contributed by atoms with E-state index in [1.165, 1.54) is 0 Å². The van der Waals surface area contributed by atoms with Gasteiger partial charge in [0, 0.05) is 28.9 Å². The second kappa shape index (κ2) is 7.83. The van der Waals surface area contributed by atoms with Crippen LogP contribution in [-0.4, -0.2) is 35.8 Å². The topological polar surface area (TPSA) is 76.7 Å². The van der Waals surface area contributed by atoms with E-state index in [1.807, 2.05) is 30.3 Å². The number of ether oxygens (including phenoxy) is 2. The van der Waals surface area contributed by atoms with Crippen LogP contribution in [0.25, 0.3) is 0 Å². The Morgan fingerprint density at radius 2 is 1.79 bits per heavy atom. The van der Waals surface area contributed by atoms with Crippen molar-refractivity contribution >= 4 is 22.5 Å². The monoisotopic (exact) mass is 346 g/mol. The van der Waals surface area contributed by atoms with Gasteiger partial charge in [0.1, 0.15) is 13.2 Å². The molecule has 24 heavy (non-hydrogen) atoms. The van der Waals surface area contributed by atoms with Crippen molar-refractivity contribution in [1.82, 2.24) is 5.32 Å². The zero-order chi connectivity index (χ0) is 16.8. The van der Waals surface area contributed by atoms with Gasteiger partial charge >= 0.3 is 6.03 Å². The van der Waals surface area contributed by atoms with Gasteiger partial charge in [-0.2, -0.15) is 0 Å². The van der Waals surface area contributed by atoms with Gasteiger partial charge in [0.05, 0.1) is 10.8 Å². The van der Waals surface area contributed by atoms with Gasteiger partial charge in [0.2, 0.25) is 0 Å². The Labute approximate surface area is 142 Å². The van der Waals surface area contributed by atoms with E-state index in [-0.39, 0.29) is 6.03 Å². The number of hydrogen-bond donors (Lipinski definition) is 2. The molecule has 2 amide bonds. The average molecular weight is 346 g/mol. The van der Waals surface area contributed by atoms with Crippen LogP contribution in [0.15, 0.2) is 53.4 Å². The molecule has 0 bridgehead atoms. The fourth-order valence-electron chi connectivity index (χ4n) is 2.24. The molecule has 0 saturated carbocycles. The maximum absolute atomic E-state index is 12.1. The van der Waals surface area contributed by atoms with Gasteiger partial charge in [-0.05, 0) is 24.3 Å². The number of amides is 2. The average Bonchev–Trinajstić information content (AvgIpc) is 2.62. The molecule has 1 atom stereocenters. The predicted molar refractivity (Wildman–Crippen MR) is 92.2 cm³/mol. The zero-order valence-corrected chi connectivity index (χ0v) is 13.8. The first-order valence-corrected chi connectivity index (χ1v) is 8.92. The molecule has 2 N–H and O–H groups in total. The smallest absolute Gasteiger partial charge is 0.319 e.